The summed E-state index contributed by atoms with van der Waals surface area (Å²) in [6, 6.07) is 4.73. The van der Waals surface area contributed by atoms with Gasteiger partial charge in [0.1, 0.15) is 5.82 Å². The zero-order chi connectivity index (χ0) is 12.7. The lowest BCUT2D eigenvalue weighted by atomic mass is 10.1. The van der Waals surface area contributed by atoms with Crippen LogP contribution >= 0.6 is 15.9 Å². The molecule has 0 bridgehead atoms. The molecule has 1 rings (SSSR count). The number of aliphatic hydroxyl groups excluding tert-OH is 1. The average Bonchev–Trinajstić information content (AvgIpc) is 2.33. The monoisotopic (exact) mass is 305 g/mol. The first-order valence-electron chi connectivity index (χ1n) is 5.44. The number of methoxy groups -OCH3 is 1. The maximum Gasteiger partial charge on any atom is 0.127 e. The van der Waals surface area contributed by atoms with Gasteiger partial charge < -0.3 is 15.2 Å². The molecule has 1 atom stereocenters. The molecule has 17 heavy (non-hydrogen) atoms. The number of nitrogens with one attached hydrogen (secondary N) is 1. The Morgan fingerprint density at radius 2 is 2.29 bits per heavy atom. The molecule has 0 fully saturated rings. The van der Waals surface area contributed by atoms with Gasteiger partial charge in [0.2, 0.25) is 0 Å². The molecule has 0 aliphatic heterocycles. The predicted octanol–water partition coefficient (Wildman–Crippen LogP) is 2.08. The Morgan fingerprint density at radius 3 is 2.94 bits per heavy atom. The zero-order valence-electron chi connectivity index (χ0n) is 9.75. The summed E-state index contributed by atoms with van der Waals surface area (Å²) in [6.07, 6.45) is 0.697. The first kappa shape index (κ1) is 14.6. The summed E-state index contributed by atoms with van der Waals surface area (Å²) < 4.78 is 19.2. The van der Waals surface area contributed by atoms with Crippen LogP contribution < -0.4 is 5.32 Å². The minimum Gasteiger partial charge on any atom is -0.395 e. The third-order valence-electron chi connectivity index (χ3n) is 2.48. The van der Waals surface area contributed by atoms with Crippen LogP contribution in [0.3, 0.4) is 0 Å². The molecule has 1 aromatic rings. The van der Waals surface area contributed by atoms with E-state index in [-0.39, 0.29) is 18.5 Å². The summed E-state index contributed by atoms with van der Waals surface area (Å²) in [5.41, 5.74) is 0.579. The number of hydrogen-bond acceptors (Lipinski definition) is 3. The van der Waals surface area contributed by atoms with Crippen molar-refractivity contribution >= 4 is 15.9 Å². The smallest absolute Gasteiger partial charge is 0.127 e. The molecule has 0 saturated carbocycles. The van der Waals surface area contributed by atoms with Crippen LogP contribution in [0.5, 0.6) is 0 Å². The minimum atomic E-state index is -0.246. The second-order valence-electron chi connectivity index (χ2n) is 3.78. The van der Waals surface area contributed by atoms with Gasteiger partial charge in [-0.3, -0.25) is 0 Å². The first-order valence-corrected chi connectivity index (χ1v) is 6.23. The Balaban J connectivity index is 2.50. The summed E-state index contributed by atoms with van der Waals surface area (Å²) >= 11 is 3.30. The molecular weight excluding hydrogens is 289 g/mol. The molecule has 1 unspecified atom stereocenters. The van der Waals surface area contributed by atoms with Gasteiger partial charge in [0.15, 0.2) is 0 Å². The fraction of sp³-hybridized carbons (Fsp3) is 0.500. The van der Waals surface area contributed by atoms with Gasteiger partial charge in [0.25, 0.3) is 0 Å². The third kappa shape index (κ3) is 5.12. The quantitative estimate of drug-likeness (QED) is 0.810. The molecule has 0 heterocycles. The van der Waals surface area contributed by atoms with Gasteiger partial charge in [-0.15, -0.1) is 0 Å². The van der Waals surface area contributed by atoms with Crippen LogP contribution in [0, 0.1) is 5.82 Å². The van der Waals surface area contributed by atoms with Gasteiger partial charge in [-0.2, -0.15) is 0 Å². The van der Waals surface area contributed by atoms with E-state index in [4.69, 9.17) is 9.84 Å². The number of benzene rings is 1. The fourth-order valence-corrected chi connectivity index (χ4v) is 1.86. The number of ether oxygens (including phenoxy) is 1. The molecule has 0 aromatic heterocycles. The molecule has 0 aliphatic carbocycles. The summed E-state index contributed by atoms with van der Waals surface area (Å²) in [4.78, 5) is 0. The second kappa shape index (κ2) is 7.76. The summed E-state index contributed by atoms with van der Waals surface area (Å²) in [6.45, 7) is 0.971. The Labute approximate surface area is 109 Å². The van der Waals surface area contributed by atoms with Crippen molar-refractivity contribution in [2.24, 2.45) is 0 Å². The lowest BCUT2D eigenvalue weighted by molar-refractivity contribution is 0.159. The molecule has 1 aromatic carbocycles. The standard InChI is InChI=1S/C12H17BrFNO2/c1-17-5-4-11(8-16)15-7-9-6-10(13)2-3-12(9)14/h2-3,6,11,15-16H,4-5,7-8H2,1H3. The summed E-state index contributed by atoms with van der Waals surface area (Å²) in [7, 11) is 1.61. The lowest BCUT2D eigenvalue weighted by Crippen LogP contribution is -2.33. The van der Waals surface area contributed by atoms with Gasteiger partial charge in [0, 0.05) is 36.3 Å². The van der Waals surface area contributed by atoms with Gasteiger partial charge in [0.05, 0.1) is 6.61 Å². The Kier molecular flexibility index (Phi) is 6.65. The minimum absolute atomic E-state index is 0.0129. The van der Waals surface area contributed by atoms with Crippen molar-refractivity contribution < 1.29 is 14.2 Å². The Morgan fingerprint density at radius 1 is 1.53 bits per heavy atom. The summed E-state index contributed by atoms with van der Waals surface area (Å²) in [5.74, 6) is -0.246. The van der Waals surface area contributed by atoms with Gasteiger partial charge in [-0.25, -0.2) is 4.39 Å². The lowest BCUT2D eigenvalue weighted by Gasteiger charge is -2.16. The van der Waals surface area contributed by atoms with E-state index in [1.807, 2.05) is 0 Å². The predicted molar refractivity (Wildman–Crippen MR) is 68.3 cm³/mol. The maximum atomic E-state index is 13.4. The van der Waals surface area contributed by atoms with Crippen molar-refractivity contribution in [3.63, 3.8) is 0 Å². The molecule has 0 spiro atoms. The van der Waals surface area contributed by atoms with E-state index in [1.54, 1.807) is 19.2 Å². The van der Waals surface area contributed by atoms with E-state index in [9.17, 15) is 4.39 Å². The van der Waals surface area contributed by atoms with Crippen LogP contribution in [0.2, 0.25) is 0 Å². The van der Waals surface area contributed by atoms with Gasteiger partial charge in [-0.05, 0) is 24.6 Å². The fourth-order valence-electron chi connectivity index (χ4n) is 1.45. The molecule has 2 N–H and O–H groups in total. The van der Waals surface area contributed by atoms with Crippen LogP contribution in [0.25, 0.3) is 0 Å². The van der Waals surface area contributed by atoms with Crippen LogP contribution in [-0.4, -0.2) is 31.5 Å². The van der Waals surface area contributed by atoms with Gasteiger partial charge in [-0.1, -0.05) is 15.9 Å². The highest BCUT2D eigenvalue weighted by molar-refractivity contribution is 9.10. The van der Waals surface area contributed by atoms with E-state index in [1.165, 1.54) is 6.07 Å². The van der Waals surface area contributed by atoms with E-state index in [0.717, 1.165) is 4.47 Å². The Hall–Kier alpha value is -0.490. The molecule has 96 valence electrons. The molecule has 5 heteroatoms. The van der Waals surface area contributed by atoms with Crippen LogP contribution in [0.4, 0.5) is 4.39 Å². The third-order valence-corrected chi connectivity index (χ3v) is 2.97. The SMILES string of the molecule is COCCC(CO)NCc1cc(Br)ccc1F. The number of aliphatic hydroxyl groups is 1. The molecular formula is C12H17BrFNO2. The molecule has 0 aliphatic rings. The van der Waals surface area contributed by atoms with Crippen LogP contribution in [0.1, 0.15) is 12.0 Å². The van der Waals surface area contributed by atoms with E-state index in [2.05, 4.69) is 21.2 Å². The number of halogens is 2. The maximum absolute atomic E-state index is 13.4. The highest BCUT2D eigenvalue weighted by Gasteiger charge is 2.08. The number of rotatable bonds is 7. The molecule has 0 amide bonds. The highest BCUT2D eigenvalue weighted by Crippen LogP contribution is 2.15. The van der Waals surface area contributed by atoms with Crippen molar-refractivity contribution in [1.82, 2.24) is 5.32 Å². The van der Waals surface area contributed by atoms with Crippen molar-refractivity contribution in [2.45, 2.75) is 19.0 Å². The number of hydrogen-bond donors (Lipinski definition) is 2. The summed E-state index contributed by atoms with van der Waals surface area (Å²) in [5, 5.41) is 12.2. The first-order chi connectivity index (χ1) is 8.17. The van der Waals surface area contributed by atoms with Crippen molar-refractivity contribution in [1.29, 1.82) is 0 Å². The Bertz CT molecular complexity index is 349. The second-order valence-corrected chi connectivity index (χ2v) is 4.69. The van der Waals surface area contributed by atoms with Crippen LogP contribution in [-0.2, 0) is 11.3 Å². The van der Waals surface area contributed by atoms with Crippen molar-refractivity contribution in [3.8, 4) is 0 Å². The zero-order valence-corrected chi connectivity index (χ0v) is 11.3. The molecule has 0 radical (unpaired) electrons. The molecule has 0 saturated heterocycles. The highest BCUT2D eigenvalue weighted by atomic mass is 79.9. The van der Waals surface area contributed by atoms with E-state index >= 15 is 0 Å². The largest absolute Gasteiger partial charge is 0.395 e. The van der Waals surface area contributed by atoms with Gasteiger partial charge >= 0.3 is 0 Å². The molecule has 3 nitrogen and oxygen atoms in total. The van der Waals surface area contributed by atoms with Crippen LogP contribution in [0.15, 0.2) is 22.7 Å². The van der Waals surface area contributed by atoms with E-state index < -0.39 is 0 Å². The average molecular weight is 306 g/mol. The topological polar surface area (TPSA) is 41.5 Å². The van der Waals surface area contributed by atoms with Crippen molar-refractivity contribution in [3.05, 3.63) is 34.1 Å². The van der Waals surface area contributed by atoms with Crippen molar-refractivity contribution in [2.75, 3.05) is 20.3 Å². The van der Waals surface area contributed by atoms with E-state index in [0.29, 0.717) is 25.1 Å². The normalized spacial score (nSPS) is 12.7.